The van der Waals surface area contributed by atoms with Crippen LogP contribution in [0.4, 0.5) is 17.3 Å². The molecule has 2 heterocycles. The van der Waals surface area contributed by atoms with E-state index in [2.05, 4.69) is 31.9 Å². The lowest BCUT2D eigenvalue weighted by Crippen LogP contribution is -2.15. The first-order valence-corrected chi connectivity index (χ1v) is 8.67. The van der Waals surface area contributed by atoms with Gasteiger partial charge in [0.1, 0.15) is 6.07 Å². The number of amides is 1. The lowest BCUT2D eigenvalue weighted by molar-refractivity contribution is -0.115. The van der Waals surface area contributed by atoms with Crippen molar-refractivity contribution in [3.63, 3.8) is 0 Å². The number of hydrogen-bond donors (Lipinski definition) is 3. The Bertz CT molecular complexity index is 1170. The fraction of sp³-hybridized carbons (Fsp3) is 0.0476. The highest BCUT2D eigenvalue weighted by molar-refractivity contribution is 5.95. The van der Waals surface area contributed by atoms with Gasteiger partial charge in [0.2, 0.25) is 5.91 Å². The van der Waals surface area contributed by atoms with Crippen LogP contribution >= 0.6 is 0 Å². The number of carbonyl (C=O) groups is 1. The summed E-state index contributed by atoms with van der Waals surface area (Å²) in [4.78, 5) is 15.5. The van der Waals surface area contributed by atoms with Crippen molar-refractivity contribution in [1.29, 1.82) is 5.26 Å². The molecule has 4 aromatic rings. The van der Waals surface area contributed by atoms with E-state index in [1.54, 1.807) is 30.3 Å². The average Bonchev–Trinajstić information content (AvgIpc) is 3.13. The molecule has 4 rings (SSSR count). The molecular formula is C21H16N6O. The molecule has 7 heteroatoms. The van der Waals surface area contributed by atoms with Crippen LogP contribution in [0.2, 0.25) is 0 Å². The molecule has 136 valence electrons. The van der Waals surface area contributed by atoms with Gasteiger partial charge in [-0.1, -0.05) is 30.3 Å². The SMILES string of the molecule is N#Cc1ccccc1Nc1ccc(NC(=O)Cc2c[nH]c3ccccc23)nn1. The number of H-pyrrole nitrogens is 1. The number of anilines is 3. The van der Waals surface area contributed by atoms with E-state index in [4.69, 9.17) is 5.26 Å². The molecular weight excluding hydrogens is 352 g/mol. The maximum Gasteiger partial charge on any atom is 0.230 e. The molecule has 2 aromatic carbocycles. The average molecular weight is 368 g/mol. The second kappa shape index (κ2) is 7.60. The summed E-state index contributed by atoms with van der Waals surface area (Å²) in [6.45, 7) is 0. The topological polar surface area (TPSA) is 106 Å². The lowest BCUT2D eigenvalue weighted by Gasteiger charge is -2.08. The summed E-state index contributed by atoms with van der Waals surface area (Å²) >= 11 is 0. The van der Waals surface area contributed by atoms with E-state index in [-0.39, 0.29) is 12.3 Å². The summed E-state index contributed by atoms with van der Waals surface area (Å²) in [5.41, 5.74) is 3.08. The van der Waals surface area contributed by atoms with Crippen molar-refractivity contribution in [2.45, 2.75) is 6.42 Å². The number of rotatable bonds is 5. The summed E-state index contributed by atoms with van der Waals surface area (Å²) in [5, 5.41) is 24.0. The normalized spacial score (nSPS) is 10.4. The first kappa shape index (κ1) is 17.2. The Morgan fingerprint density at radius 3 is 2.57 bits per heavy atom. The summed E-state index contributed by atoms with van der Waals surface area (Å²) in [6.07, 6.45) is 2.08. The third kappa shape index (κ3) is 3.66. The molecule has 0 spiro atoms. The number of hydrogen-bond acceptors (Lipinski definition) is 5. The fourth-order valence-electron chi connectivity index (χ4n) is 2.93. The molecule has 0 fully saturated rings. The smallest absolute Gasteiger partial charge is 0.230 e. The van der Waals surface area contributed by atoms with Gasteiger partial charge in [0, 0.05) is 17.1 Å². The van der Waals surface area contributed by atoms with Gasteiger partial charge in [0.25, 0.3) is 0 Å². The highest BCUT2D eigenvalue weighted by Gasteiger charge is 2.10. The van der Waals surface area contributed by atoms with E-state index >= 15 is 0 Å². The van der Waals surface area contributed by atoms with E-state index in [1.807, 2.05) is 36.5 Å². The first-order chi connectivity index (χ1) is 13.7. The highest BCUT2D eigenvalue weighted by atomic mass is 16.1. The van der Waals surface area contributed by atoms with Crippen LogP contribution in [0, 0.1) is 11.3 Å². The van der Waals surface area contributed by atoms with Gasteiger partial charge in [-0.25, -0.2) is 0 Å². The van der Waals surface area contributed by atoms with Gasteiger partial charge in [0.05, 0.1) is 17.7 Å². The Hall–Kier alpha value is -4.18. The van der Waals surface area contributed by atoms with Crippen LogP contribution in [0.15, 0.2) is 66.9 Å². The zero-order valence-corrected chi connectivity index (χ0v) is 14.8. The van der Waals surface area contributed by atoms with Crippen molar-refractivity contribution in [2.75, 3.05) is 10.6 Å². The van der Waals surface area contributed by atoms with Crippen molar-refractivity contribution in [1.82, 2.24) is 15.2 Å². The quantitative estimate of drug-likeness (QED) is 0.497. The van der Waals surface area contributed by atoms with Crippen LogP contribution in [0.25, 0.3) is 10.9 Å². The molecule has 0 saturated heterocycles. The van der Waals surface area contributed by atoms with Crippen LogP contribution in [0.3, 0.4) is 0 Å². The summed E-state index contributed by atoms with van der Waals surface area (Å²) in [6, 6.07) is 20.4. The Morgan fingerprint density at radius 2 is 1.75 bits per heavy atom. The van der Waals surface area contributed by atoms with Gasteiger partial charge in [-0.3, -0.25) is 4.79 Å². The minimum Gasteiger partial charge on any atom is -0.361 e. The Kier molecular flexibility index (Phi) is 4.68. The predicted octanol–water partition coefficient (Wildman–Crippen LogP) is 3.75. The van der Waals surface area contributed by atoms with Gasteiger partial charge in [0.15, 0.2) is 11.6 Å². The maximum atomic E-state index is 12.3. The van der Waals surface area contributed by atoms with Gasteiger partial charge in [-0.15, -0.1) is 10.2 Å². The number of aromatic nitrogens is 3. The minimum absolute atomic E-state index is 0.172. The lowest BCUT2D eigenvalue weighted by atomic mass is 10.1. The van der Waals surface area contributed by atoms with Crippen LogP contribution in [0.5, 0.6) is 0 Å². The maximum absolute atomic E-state index is 12.3. The molecule has 2 aromatic heterocycles. The van der Waals surface area contributed by atoms with E-state index in [0.29, 0.717) is 22.9 Å². The second-order valence-electron chi connectivity index (χ2n) is 6.17. The predicted molar refractivity (Wildman–Crippen MR) is 107 cm³/mol. The third-order valence-electron chi connectivity index (χ3n) is 4.27. The van der Waals surface area contributed by atoms with E-state index in [1.165, 1.54) is 0 Å². The van der Waals surface area contributed by atoms with Crippen LogP contribution in [-0.4, -0.2) is 21.1 Å². The molecule has 28 heavy (non-hydrogen) atoms. The molecule has 0 bridgehead atoms. The van der Waals surface area contributed by atoms with Crippen LogP contribution in [0.1, 0.15) is 11.1 Å². The largest absolute Gasteiger partial charge is 0.361 e. The molecule has 0 aliphatic rings. The summed E-state index contributed by atoms with van der Waals surface area (Å²) in [7, 11) is 0. The monoisotopic (exact) mass is 368 g/mol. The second-order valence-corrected chi connectivity index (χ2v) is 6.17. The molecule has 0 atom stereocenters. The first-order valence-electron chi connectivity index (χ1n) is 8.67. The fourth-order valence-corrected chi connectivity index (χ4v) is 2.93. The number of para-hydroxylation sites is 2. The zero-order valence-electron chi connectivity index (χ0n) is 14.8. The molecule has 1 amide bonds. The number of carbonyl (C=O) groups excluding carboxylic acids is 1. The number of nitrogens with one attached hydrogen (secondary N) is 3. The van der Waals surface area contributed by atoms with Gasteiger partial charge in [-0.2, -0.15) is 5.26 Å². The molecule has 0 unspecified atom stereocenters. The minimum atomic E-state index is -0.172. The molecule has 3 N–H and O–H groups in total. The van der Waals surface area contributed by atoms with Crippen LogP contribution in [-0.2, 0) is 11.2 Å². The Balaban J connectivity index is 1.41. The number of aromatic amines is 1. The Morgan fingerprint density at radius 1 is 1.00 bits per heavy atom. The molecule has 0 radical (unpaired) electrons. The van der Waals surface area contributed by atoms with Crippen molar-refractivity contribution in [3.05, 3.63) is 78.0 Å². The molecule has 7 nitrogen and oxygen atoms in total. The number of fused-ring (bicyclic) bond motifs is 1. The van der Waals surface area contributed by atoms with Gasteiger partial charge < -0.3 is 15.6 Å². The molecule has 0 aliphatic carbocycles. The van der Waals surface area contributed by atoms with Crippen LogP contribution < -0.4 is 10.6 Å². The highest BCUT2D eigenvalue weighted by Crippen LogP contribution is 2.20. The van der Waals surface area contributed by atoms with Crippen molar-refractivity contribution < 1.29 is 4.79 Å². The Labute approximate surface area is 161 Å². The van der Waals surface area contributed by atoms with E-state index < -0.39 is 0 Å². The summed E-state index contributed by atoms with van der Waals surface area (Å²) in [5.74, 6) is 0.677. The molecule has 0 saturated carbocycles. The number of nitrogens with zero attached hydrogens (tertiary/aromatic N) is 3. The molecule has 0 aliphatic heterocycles. The zero-order chi connectivity index (χ0) is 19.3. The van der Waals surface area contributed by atoms with Crippen molar-refractivity contribution in [3.8, 4) is 6.07 Å². The van der Waals surface area contributed by atoms with E-state index in [0.717, 1.165) is 16.5 Å². The number of benzene rings is 2. The number of nitriles is 1. The van der Waals surface area contributed by atoms with Gasteiger partial charge in [-0.05, 0) is 35.9 Å². The van der Waals surface area contributed by atoms with Crippen molar-refractivity contribution in [2.24, 2.45) is 0 Å². The summed E-state index contributed by atoms with van der Waals surface area (Å²) < 4.78 is 0. The van der Waals surface area contributed by atoms with E-state index in [9.17, 15) is 4.79 Å². The van der Waals surface area contributed by atoms with Gasteiger partial charge >= 0.3 is 0 Å². The van der Waals surface area contributed by atoms with Crippen molar-refractivity contribution >= 4 is 34.1 Å². The standard InChI is InChI=1S/C21H16N6O/c22-12-14-5-1-3-7-17(14)24-19-9-10-20(27-26-19)25-21(28)11-15-13-23-18-8-4-2-6-16(15)18/h1-10,13,23H,11H2,(H,24,26)(H,25,27,28). The third-order valence-corrected chi connectivity index (χ3v) is 4.27.